The van der Waals surface area contributed by atoms with Crippen molar-refractivity contribution in [2.75, 3.05) is 18.1 Å². The van der Waals surface area contributed by atoms with Crippen LogP contribution in [0.2, 0.25) is 0 Å². The minimum Gasteiger partial charge on any atom is -0.508 e. The van der Waals surface area contributed by atoms with Gasteiger partial charge >= 0.3 is 0 Å². The number of anilines is 1. The zero-order valence-electron chi connectivity index (χ0n) is 17.5. The second-order valence-corrected chi connectivity index (χ2v) is 7.59. The van der Waals surface area contributed by atoms with Crippen LogP contribution in [0.5, 0.6) is 23.0 Å². The van der Waals surface area contributed by atoms with Crippen molar-refractivity contribution >= 4 is 17.5 Å². The second kappa shape index (κ2) is 10.1. The third-order valence-corrected chi connectivity index (χ3v) is 5.25. The van der Waals surface area contributed by atoms with Gasteiger partial charge in [0.2, 0.25) is 5.91 Å². The van der Waals surface area contributed by atoms with Gasteiger partial charge in [-0.25, -0.2) is 0 Å². The lowest BCUT2D eigenvalue weighted by Crippen LogP contribution is -2.64. The average Bonchev–Trinajstić information content (AvgIpc) is 2.81. The average molecular weight is 480 g/mol. The highest BCUT2D eigenvalue weighted by Gasteiger charge is 2.44. The number of hydrogen-bond donors (Lipinski definition) is 9. The summed E-state index contributed by atoms with van der Waals surface area (Å²) in [5.41, 5.74) is -0.178. The van der Waals surface area contributed by atoms with E-state index in [-0.39, 0.29) is 17.0 Å². The molecule has 13 nitrogen and oxygen atoms in total. The number of carbonyl (C=O) groups is 2. The highest BCUT2D eigenvalue weighted by Crippen LogP contribution is 2.36. The Kier molecular flexibility index (Phi) is 7.44. The van der Waals surface area contributed by atoms with E-state index in [1.165, 1.54) is 24.3 Å². The summed E-state index contributed by atoms with van der Waals surface area (Å²) in [4.78, 5) is 26.8. The summed E-state index contributed by atoms with van der Waals surface area (Å²) in [6.07, 6.45) is -6.36. The summed E-state index contributed by atoms with van der Waals surface area (Å²) < 4.78 is 4.98. The molecule has 2 aromatic rings. The largest absolute Gasteiger partial charge is 0.508 e. The van der Waals surface area contributed by atoms with Crippen LogP contribution in [0.4, 0.5) is 5.69 Å². The van der Waals surface area contributed by atoms with Crippen LogP contribution in [0, 0.1) is 0 Å². The van der Waals surface area contributed by atoms with E-state index in [1.807, 2.05) is 0 Å². The molecule has 0 spiro atoms. The molecule has 5 atom stereocenters. The van der Waals surface area contributed by atoms with Crippen LogP contribution in [0.3, 0.4) is 0 Å². The van der Waals surface area contributed by atoms with E-state index in [0.717, 1.165) is 17.0 Å². The lowest BCUT2D eigenvalue weighted by Gasteiger charge is -2.40. The molecule has 2 aromatic carbocycles. The third-order valence-electron chi connectivity index (χ3n) is 5.25. The molecule has 0 bridgehead atoms. The van der Waals surface area contributed by atoms with Crippen molar-refractivity contribution in [2.24, 2.45) is 0 Å². The minimum absolute atomic E-state index is 0.117. The summed E-state index contributed by atoms with van der Waals surface area (Å²) in [7, 11) is 0. The molecule has 2 amide bonds. The van der Waals surface area contributed by atoms with Crippen molar-refractivity contribution in [1.82, 2.24) is 5.32 Å². The molecule has 1 aliphatic heterocycles. The summed E-state index contributed by atoms with van der Waals surface area (Å²) in [6, 6.07) is 5.35. The highest BCUT2D eigenvalue weighted by molar-refractivity contribution is 6.09. The van der Waals surface area contributed by atoms with Crippen molar-refractivity contribution in [3.8, 4) is 23.0 Å². The molecule has 0 aromatic heterocycles. The summed E-state index contributed by atoms with van der Waals surface area (Å²) in [6.45, 7) is -1.40. The molecule has 1 fully saturated rings. The number of phenolic OH excluding ortho intramolecular Hbond substituents is 4. The molecule has 0 aliphatic carbocycles. The van der Waals surface area contributed by atoms with Crippen molar-refractivity contribution in [2.45, 2.75) is 30.6 Å². The fourth-order valence-electron chi connectivity index (χ4n) is 3.42. The van der Waals surface area contributed by atoms with E-state index in [9.17, 15) is 45.3 Å². The Balaban J connectivity index is 1.85. The molecule has 1 aliphatic rings. The maximum atomic E-state index is 13.1. The Morgan fingerprint density at radius 2 is 1.53 bits per heavy atom. The number of aliphatic hydroxyl groups is 4. The zero-order chi connectivity index (χ0) is 25.2. The molecule has 3 rings (SSSR count). The van der Waals surface area contributed by atoms with E-state index in [4.69, 9.17) is 9.84 Å². The van der Waals surface area contributed by atoms with E-state index < -0.39 is 72.9 Å². The van der Waals surface area contributed by atoms with Crippen LogP contribution in [-0.4, -0.2) is 96.5 Å². The van der Waals surface area contributed by atoms with E-state index in [1.54, 1.807) is 0 Å². The highest BCUT2D eigenvalue weighted by atomic mass is 16.6. The number of aliphatic hydroxyl groups excluding tert-OH is 4. The first kappa shape index (κ1) is 25.0. The van der Waals surface area contributed by atoms with Crippen molar-refractivity contribution in [3.05, 3.63) is 42.0 Å². The fraction of sp³-hybridized carbons (Fsp3) is 0.333. The first-order chi connectivity index (χ1) is 16.0. The number of ether oxygens (including phenoxy) is 1. The van der Waals surface area contributed by atoms with Crippen molar-refractivity contribution in [1.29, 1.82) is 0 Å². The molecule has 1 heterocycles. The Hall–Kier alpha value is -3.62. The van der Waals surface area contributed by atoms with Gasteiger partial charge in [0, 0.05) is 11.3 Å². The van der Waals surface area contributed by atoms with E-state index in [0.29, 0.717) is 0 Å². The summed E-state index contributed by atoms with van der Waals surface area (Å²) in [5.74, 6) is -4.33. The number of amides is 2. The molecule has 9 N–H and O–H groups in total. The van der Waals surface area contributed by atoms with Gasteiger partial charge in [0.05, 0.1) is 6.61 Å². The van der Waals surface area contributed by atoms with Gasteiger partial charge in [0.15, 0.2) is 23.5 Å². The van der Waals surface area contributed by atoms with Gasteiger partial charge in [0.1, 0.15) is 36.6 Å². The van der Waals surface area contributed by atoms with Crippen LogP contribution < -0.4 is 10.2 Å². The summed E-state index contributed by atoms with van der Waals surface area (Å²) >= 11 is 0. The monoisotopic (exact) mass is 480 g/mol. The molecular weight excluding hydrogens is 456 g/mol. The van der Waals surface area contributed by atoms with Gasteiger partial charge in [-0.2, -0.15) is 0 Å². The van der Waals surface area contributed by atoms with Gasteiger partial charge in [0.25, 0.3) is 5.91 Å². The van der Waals surface area contributed by atoms with Gasteiger partial charge in [-0.05, 0) is 36.4 Å². The lowest BCUT2D eigenvalue weighted by atomic mass is 9.97. The quantitative estimate of drug-likeness (QED) is 0.207. The van der Waals surface area contributed by atoms with Gasteiger partial charge in [-0.3, -0.25) is 14.5 Å². The normalized spacial score (nSPS) is 24.4. The third kappa shape index (κ3) is 5.13. The Labute approximate surface area is 192 Å². The molecule has 0 radical (unpaired) electrons. The maximum Gasteiger partial charge on any atom is 0.259 e. The Bertz CT molecular complexity index is 1020. The molecule has 184 valence electrons. The van der Waals surface area contributed by atoms with Crippen LogP contribution in [-0.2, 0) is 9.53 Å². The number of rotatable bonds is 6. The number of carbonyl (C=O) groups excluding carboxylic acids is 2. The fourth-order valence-corrected chi connectivity index (χ4v) is 3.42. The van der Waals surface area contributed by atoms with Crippen LogP contribution in [0.1, 0.15) is 10.4 Å². The van der Waals surface area contributed by atoms with Gasteiger partial charge in [-0.15, -0.1) is 0 Å². The minimum atomic E-state index is -1.77. The zero-order valence-corrected chi connectivity index (χ0v) is 17.5. The SMILES string of the molecule is O=C(CN(C(=O)c1cc(O)c(O)c(O)c1)c1ccc(O)cc1)N[C@@H]1[C@@H](O)[C@H](O)[C@@H](CO)O[C@H]1O. The van der Waals surface area contributed by atoms with Crippen LogP contribution in [0.25, 0.3) is 0 Å². The second-order valence-electron chi connectivity index (χ2n) is 7.59. The topological polar surface area (TPSA) is 220 Å². The molecule has 1 saturated heterocycles. The van der Waals surface area contributed by atoms with Gasteiger partial charge < -0.3 is 50.9 Å². The van der Waals surface area contributed by atoms with E-state index >= 15 is 0 Å². The number of nitrogens with zero attached hydrogens (tertiary/aromatic N) is 1. The number of hydrogen-bond acceptors (Lipinski definition) is 11. The standard InChI is InChI=1S/C21H24N2O11/c24-8-14-18(30)19(31)16(21(33)34-14)22-15(28)7-23(10-1-3-11(25)4-2-10)20(32)9-5-12(26)17(29)13(27)6-9/h1-6,14,16,18-19,21,24-27,29-31,33H,7-8H2,(H,22,28)/t14-,16-,18-,19-,21-/m1/s1. The number of aromatic hydroxyl groups is 4. The lowest BCUT2D eigenvalue weighted by molar-refractivity contribution is -0.253. The Morgan fingerprint density at radius 1 is 0.941 bits per heavy atom. The molecule has 13 heteroatoms. The van der Waals surface area contributed by atoms with Crippen molar-refractivity contribution in [3.63, 3.8) is 0 Å². The molecule has 34 heavy (non-hydrogen) atoms. The van der Waals surface area contributed by atoms with Gasteiger partial charge in [-0.1, -0.05) is 0 Å². The first-order valence-electron chi connectivity index (χ1n) is 9.99. The summed E-state index contributed by atoms with van der Waals surface area (Å²) in [5, 5.41) is 80.2. The number of nitrogens with one attached hydrogen (secondary N) is 1. The molecular formula is C21H24N2O11. The number of benzene rings is 2. The van der Waals surface area contributed by atoms with Crippen LogP contribution in [0.15, 0.2) is 36.4 Å². The predicted molar refractivity (Wildman–Crippen MR) is 113 cm³/mol. The molecule has 0 saturated carbocycles. The van der Waals surface area contributed by atoms with E-state index in [2.05, 4.69) is 5.32 Å². The first-order valence-corrected chi connectivity index (χ1v) is 9.99. The maximum absolute atomic E-state index is 13.1. The van der Waals surface area contributed by atoms with Crippen LogP contribution >= 0.6 is 0 Å². The van der Waals surface area contributed by atoms with Crippen molar-refractivity contribution < 1.29 is 55.2 Å². The number of phenols is 4. The smallest absolute Gasteiger partial charge is 0.259 e. The Morgan fingerprint density at radius 3 is 2.09 bits per heavy atom. The molecule has 0 unspecified atom stereocenters. The predicted octanol–water partition coefficient (Wildman–Crippen LogP) is -1.93.